The number of hydrogen-bond acceptors (Lipinski definition) is 4. The maximum atomic E-state index is 13.5. The Morgan fingerprint density at radius 2 is 0.795 bits per heavy atom. The molecule has 0 aromatic heterocycles. The Morgan fingerprint density at radius 3 is 1.14 bits per heavy atom. The second kappa shape index (κ2) is 15.9. The van der Waals surface area contributed by atoms with E-state index in [0.29, 0.717) is 37.5 Å². The van der Waals surface area contributed by atoms with E-state index in [1.165, 1.54) is 64.2 Å². The van der Waals surface area contributed by atoms with E-state index in [2.05, 4.69) is 10.6 Å². The van der Waals surface area contributed by atoms with Gasteiger partial charge in [0.1, 0.15) is 0 Å². The third-order valence-corrected chi connectivity index (χ3v) is 12.4. The minimum Gasteiger partial charge on any atom is -0.481 e. The lowest BCUT2D eigenvalue weighted by Gasteiger charge is -2.38. The van der Waals surface area contributed by atoms with Crippen molar-refractivity contribution in [3.8, 4) is 0 Å². The van der Waals surface area contributed by atoms with Gasteiger partial charge >= 0.3 is 11.9 Å². The fraction of sp³-hybridized carbons (Fsp3) is 0.889. The van der Waals surface area contributed by atoms with Crippen LogP contribution in [0.3, 0.4) is 0 Å². The van der Waals surface area contributed by atoms with Crippen LogP contribution < -0.4 is 10.6 Å². The van der Waals surface area contributed by atoms with Crippen molar-refractivity contribution in [2.45, 2.75) is 153 Å². The van der Waals surface area contributed by atoms with Gasteiger partial charge in [-0.1, -0.05) is 64.2 Å². The van der Waals surface area contributed by atoms with Gasteiger partial charge in [-0.2, -0.15) is 0 Å². The lowest BCUT2D eigenvalue weighted by molar-refractivity contribution is -0.150. The van der Waals surface area contributed by atoms with Crippen LogP contribution in [0.5, 0.6) is 0 Å². The van der Waals surface area contributed by atoms with Gasteiger partial charge in [0.05, 0.1) is 23.7 Å². The first-order chi connectivity index (χ1) is 21.3. The van der Waals surface area contributed by atoms with Gasteiger partial charge in [0.15, 0.2) is 0 Å². The van der Waals surface area contributed by atoms with Crippen molar-refractivity contribution in [2.24, 2.45) is 47.3 Å². The molecule has 8 heteroatoms. The molecule has 5 fully saturated rings. The molecule has 248 valence electrons. The summed E-state index contributed by atoms with van der Waals surface area (Å²) in [6, 6.07) is -0.0183. The number of carboxylic acids is 2. The zero-order chi connectivity index (χ0) is 31.1. The van der Waals surface area contributed by atoms with Crippen LogP contribution in [-0.2, 0) is 19.2 Å². The van der Waals surface area contributed by atoms with Crippen LogP contribution in [-0.4, -0.2) is 46.0 Å². The molecule has 0 bridgehead atoms. The van der Waals surface area contributed by atoms with E-state index in [9.17, 15) is 29.4 Å². The van der Waals surface area contributed by atoms with Crippen molar-refractivity contribution in [1.29, 1.82) is 0 Å². The highest BCUT2D eigenvalue weighted by atomic mass is 16.4. The van der Waals surface area contributed by atoms with Crippen LogP contribution >= 0.6 is 0 Å². The van der Waals surface area contributed by atoms with Crippen molar-refractivity contribution in [3.63, 3.8) is 0 Å². The fourth-order valence-corrected chi connectivity index (χ4v) is 9.90. The summed E-state index contributed by atoms with van der Waals surface area (Å²) < 4.78 is 0. The van der Waals surface area contributed by atoms with Crippen molar-refractivity contribution in [3.05, 3.63) is 0 Å². The SMILES string of the molecule is O=C(O)C1CCC(CC2CCCCC2)CC1C(=O)NC1CCC(NC(=O)C2CC(CC3CCCCC3)CCC2C(=O)O)CC1. The standard InChI is InChI=1S/C36H58N2O6/c39-33(31-21-25(11-17-29(31)35(41)42)19-23-7-3-1-4-8-23)37-27-13-15-28(16-14-27)38-34(40)32-22-26(12-18-30(32)36(43)44)20-24-9-5-2-6-10-24/h23-32H,1-22H2,(H,37,39)(H,38,40)(H,41,42)(H,43,44). The molecule has 0 aromatic rings. The van der Waals surface area contributed by atoms with E-state index < -0.39 is 35.6 Å². The number of hydrogen-bond donors (Lipinski definition) is 4. The van der Waals surface area contributed by atoms with E-state index in [0.717, 1.165) is 63.2 Å². The van der Waals surface area contributed by atoms with Crippen LogP contribution in [0.1, 0.15) is 141 Å². The molecular weight excluding hydrogens is 556 g/mol. The van der Waals surface area contributed by atoms with E-state index in [4.69, 9.17) is 0 Å². The average Bonchev–Trinajstić information content (AvgIpc) is 3.02. The zero-order valence-electron chi connectivity index (χ0n) is 26.9. The summed E-state index contributed by atoms with van der Waals surface area (Å²) in [5, 5.41) is 26.2. The van der Waals surface area contributed by atoms with Gasteiger partial charge in [-0.15, -0.1) is 0 Å². The average molecular weight is 615 g/mol. The lowest BCUT2D eigenvalue weighted by atomic mass is 9.69. The summed E-state index contributed by atoms with van der Waals surface area (Å²) in [4.78, 5) is 51.0. The van der Waals surface area contributed by atoms with Crippen LogP contribution in [0, 0.1) is 47.3 Å². The van der Waals surface area contributed by atoms with Gasteiger partial charge in [-0.3, -0.25) is 19.2 Å². The minimum atomic E-state index is -0.851. The maximum absolute atomic E-state index is 13.5. The highest BCUT2D eigenvalue weighted by Gasteiger charge is 2.42. The second-order valence-electron chi connectivity index (χ2n) is 15.5. The maximum Gasteiger partial charge on any atom is 0.307 e. The molecule has 5 rings (SSSR count). The van der Waals surface area contributed by atoms with E-state index in [-0.39, 0.29) is 23.9 Å². The molecule has 0 radical (unpaired) electrons. The summed E-state index contributed by atoms with van der Waals surface area (Å²) in [6.07, 6.45) is 22.5. The Balaban J connectivity index is 1.09. The van der Waals surface area contributed by atoms with Crippen molar-refractivity contribution >= 4 is 23.8 Å². The van der Waals surface area contributed by atoms with Gasteiger partial charge in [0, 0.05) is 12.1 Å². The van der Waals surface area contributed by atoms with Crippen LogP contribution in [0.4, 0.5) is 0 Å². The predicted octanol–water partition coefficient (Wildman–Crippen LogP) is 6.71. The zero-order valence-corrected chi connectivity index (χ0v) is 26.9. The second-order valence-corrected chi connectivity index (χ2v) is 15.5. The molecular formula is C36H58N2O6. The summed E-state index contributed by atoms with van der Waals surface area (Å²) in [5.41, 5.74) is 0. The number of amides is 2. The Hall–Kier alpha value is -2.12. The predicted molar refractivity (Wildman–Crippen MR) is 169 cm³/mol. The third kappa shape index (κ3) is 8.99. The molecule has 0 heterocycles. The number of rotatable bonds is 10. The molecule has 2 amide bonds. The number of carbonyl (C=O) groups excluding carboxylic acids is 2. The Labute approximate surface area is 264 Å². The molecule has 8 nitrogen and oxygen atoms in total. The first-order valence-corrected chi connectivity index (χ1v) is 18.3. The highest BCUT2D eigenvalue weighted by Crippen LogP contribution is 2.42. The van der Waals surface area contributed by atoms with Gasteiger partial charge < -0.3 is 20.8 Å². The first kappa shape index (κ1) is 33.2. The van der Waals surface area contributed by atoms with E-state index >= 15 is 0 Å². The molecule has 4 N–H and O–H groups in total. The normalized spacial score (nSPS) is 35.8. The molecule has 0 saturated heterocycles. The van der Waals surface area contributed by atoms with Crippen molar-refractivity contribution in [2.75, 3.05) is 0 Å². The summed E-state index contributed by atoms with van der Waals surface area (Å²) in [6.45, 7) is 0. The summed E-state index contributed by atoms with van der Waals surface area (Å²) >= 11 is 0. The quantitative estimate of drug-likeness (QED) is 0.216. The van der Waals surface area contributed by atoms with Crippen LogP contribution in [0.25, 0.3) is 0 Å². The van der Waals surface area contributed by atoms with Gasteiger partial charge in [-0.25, -0.2) is 0 Å². The third-order valence-electron chi connectivity index (χ3n) is 12.4. The smallest absolute Gasteiger partial charge is 0.307 e. The molecule has 6 atom stereocenters. The molecule has 0 aliphatic heterocycles. The molecule has 5 aliphatic carbocycles. The Morgan fingerprint density at radius 1 is 0.432 bits per heavy atom. The molecule has 6 unspecified atom stereocenters. The number of aliphatic carboxylic acids is 2. The summed E-state index contributed by atoms with van der Waals surface area (Å²) in [7, 11) is 0. The fourth-order valence-electron chi connectivity index (χ4n) is 9.90. The van der Waals surface area contributed by atoms with Gasteiger partial charge in [0.25, 0.3) is 0 Å². The van der Waals surface area contributed by atoms with Crippen LogP contribution in [0.15, 0.2) is 0 Å². The van der Waals surface area contributed by atoms with Crippen molar-refractivity contribution in [1.82, 2.24) is 10.6 Å². The molecule has 5 saturated carbocycles. The van der Waals surface area contributed by atoms with Crippen molar-refractivity contribution < 1.29 is 29.4 Å². The Bertz CT molecular complexity index is 903. The number of carboxylic acid groups (broad SMARTS) is 2. The number of carbonyl (C=O) groups is 4. The van der Waals surface area contributed by atoms with Gasteiger partial charge in [-0.05, 0) is 101 Å². The topological polar surface area (TPSA) is 133 Å². The minimum absolute atomic E-state index is 0.00913. The molecule has 5 aliphatic rings. The number of nitrogens with one attached hydrogen (secondary N) is 2. The van der Waals surface area contributed by atoms with E-state index in [1.807, 2.05) is 0 Å². The monoisotopic (exact) mass is 614 g/mol. The molecule has 44 heavy (non-hydrogen) atoms. The highest BCUT2D eigenvalue weighted by molar-refractivity contribution is 5.86. The summed E-state index contributed by atoms with van der Waals surface area (Å²) in [5.74, 6) is -1.71. The Kier molecular flexibility index (Phi) is 12.0. The van der Waals surface area contributed by atoms with Gasteiger partial charge in [0.2, 0.25) is 11.8 Å². The molecule has 0 spiro atoms. The first-order valence-electron chi connectivity index (χ1n) is 18.3. The van der Waals surface area contributed by atoms with E-state index in [1.54, 1.807) is 0 Å². The largest absolute Gasteiger partial charge is 0.481 e. The van der Waals surface area contributed by atoms with Crippen LogP contribution in [0.2, 0.25) is 0 Å². The molecule has 0 aromatic carbocycles. The lowest BCUT2D eigenvalue weighted by Crippen LogP contribution is -2.50.